The predicted molar refractivity (Wildman–Crippen MR) is 88.7 cm³/mol. The number of imide groups is 1. The highest BCUT2D eigenvalue weighted by Gasteiger charge is 2.21. The zero-order valence-electron chi connectivity index (χ0n) is 14.5. The maximum Gasteiger partial charge on any atom is 0.342 e. The molecule has 7 heteroatoms. The summed E-state index contributed by atoms with van der Waals surface area (Å²) in [7, 11) is 1.51. The van der Waals surface area contributed by atoms with Gasteiger partial charge in [0.25, 0.3) is 11.8 Å². The summed E-state index contributed by atoms with van der Waals surface area (Å²) < 4.78 is 15.3. The summed E-state index contributed by atoms with van der Waals surface area (Å²) in [4.78, 5) is 35.8. The van der Waals surface area contributed by atoms with E-state index in [1.54, 1.807) is 32.9 Å². The first-order valence-corrected chi connectivity index (χ1v) is 7.55. The van der Waals surface area contributed by atoms with Crippen LogP contribution in [0.25, 0.3) is 0 Å². The van der Waals surface area contributed by atoms with E-state index in [4.69, 9.17) is 13.9 Å². The van der Waals surface area contributed by atoms with Gasteiger partial charge in [-0.2, -0.15) is 0 Å². The van der Waals surface area contributed by atoms with Gasteiger partial charge in [0.05, 0.1) is 7.11 Å². The molecule has 0 fully saturated rings. The van der Waals surface area contributed by atoms with Crippen molar-refractivity contribution < 1.29 is 28.3 Å². The van der Waals surface area contributed by atoms with Crippen molar-refractivity contribution in [1.82, 2.24) is 5.32 Å². The van der Waals surface area contributed by atoms with Crippen molar-refractivity contribution in [2.45, 2.75) is 20.8 Å². The highest BCUT2D eigenvalue weighted by molar-refractivity contribution is 6.05. The lowest BCUT2D eigenvalue weighted by molar-refractivity contribution is -0.123. The number of hydrogen-bond donors (Lipinski definition) is 1. The van der Waals surface area contributed by atoms with Crippen LogP contribution in [0.1, 0.15) is 37.8 Å². The molecule has 1 aromatic carbocycles. The monoisotopic (exact) mass is 345 g/mol. The molecule has 2 amide bonds. The van der Waals surface area contributed by atoms with Gasteiger partial charge in [0.2, 0.25) is 0 Å². The van der Waals surface area contributed by atoms with E-state index >= 15 is 0 Å². The number of rotatable bonds is 5. The molecule has 2 aromatic rings. The lowest BCUT2D eigenvalue weighted by atomic mass is 10.1. The van der Waals surface area contributed by atoms with Crippen molar-refractivity contribution in [3.63, 3.8) is 0 Å². The average molecular weight is 345 g/mol. The summed E-state index contributed by atoms with van der Waals surface area (Å²) in [6.07, 6.45) is 0. The van der Waals surface area contributed by atoms with Crippen LogP contribution in [0.3, 0.4) is 0 Å². The molecule has 0 radical (unpaired) electrons. The van der Waals surface area contributed by atoms with Crippen molar-refractivity contribution in [2.75, 3.05) is 13.7 Å². The molecule has 0 saturated carbocycles. The summed E-state index contributed by atoms with van der Waals surface area (Å²) >= 11 is 0. The van der Waals surface area contributed by atoms with Gasteiger partial charge < -0.3 is 13.9 Å². The van der Waals surface area contributed by atoms with E-state index in [0.29, 0.717) is 28.4 Å². The number of carbonyl (C=O) groups is 3. The van der Waals surface area contributed by atoms with E-state index in [2.05, 4.69) is 5.32 Å². The van der Waals surface area contributed by atoms with Crippen LogP contribution in [-0.4, -0.2) is 31.5 Å². The van der Waals surface area contributed by atoms with Crippen molar-refractivity contribution in [3.8, 4) is 5.75 Å². The van der Waals surface area contributed by atoms with Gasteiger partial charge in [0.1, 0.15) is 22.8 Å². The van der Waals surface area contributed by atoms with Crippen molar-refractivity contribution >= 4 is 17.8 Å². The zero-order chi connectivity index (χ0) is 18.6. The van der Waals surface area contributed by atoms with Gasteiger partial charge in [0.15, 0.2) is 6.61 Å². The summed E-state index contributed by atoms with van der Waals surface area (Å²) in [6, 6.07) is 6.25. The second-order valence-corrected chi connectivity index (χ2v) is 5.40. The van der Waals surface area contributed by atoms with E-state index in [-0.39, 0.29) is 5.56 Å². The number of esters is 1. The first-order valence-electron chi connectivity index (χ1n) is 7.55. The lowest BCUT2D eigenvalue weighted by Gasteiger charge is -2.06. The van der Waals surface area contributed by atoms with Gasteiger partial charge in [-0.15, -0.1) is 0 Å². The van der Waals surface area contributed by atoms with E-state index in [9.17, 15) is 14.4 Å². The minimum absolute atomic E-state index is 0.289. The van der Waals surface area contributed by atoms with Crippen LogP contribution in [0.4, 0.5) is 0 Å². The fourth-order valence-corrected chi connectivity index (χ4v) is 2.27. The third kappa shape index (κ3) is 4.26. The molecule has 0 atom stereocenters. The molecular formula is C18H19NO6. The molecule has 1 aromatic heterocycles. The van der Waals surface area contributed by atoms with E-state index < -0.39 is 24.4 Å². The first kappa shape index (κ1) is 18.3. The lowest BCUT2D eigenvalue weighted by Crippen LogP contribution is -2.34. The molecule has 132 valence electrons. The molecule has 1 heterocycles. The Bertz CT molecular complexity index is 804. The molecule has 25 heavy (non-hydrogen) atoms. The Kier molecular flexibility index (Phi) is 5.59. The number of benzene rings is 1. The number of carbonyl (C=O) groups excluding carboxylic acids is 3. The molecule has 0 unspecified atom stereocenters. The first-order chi connectivity index (χ1) is 11.8. The fourth-order valence-electron chi connectivity index (χ4n) is 2.27. The van der Waals surface area contributed by atoms with E-state index in [0.717, 1.165) is 0 Å². The third-order valence-electron chi connectivity index (χ3n) is 3.70. The number of methoxy groups -OCH3 is 1. The summed E-state index contributed by atoms with van der Waals surface area (Å²) in [5.41, 5.74) is 1.25. The molecule has 0 spiro atoms. The van der Waals surface area contributed by atoms with E-state index in [1.807, 2.05) is 0 Å². The van der Waals surface area contributed by atoms with Gasteiger partial charge in [-0.3, -0.25) is 14.9 Å². The molecule has 0 saturated heterocycles. The summed E-state index contributed by atoms with van der Waals surface area (Å²) in [5, 5.41) is 2.16. The average Bonchev–Trinajstić information content (AvgIpc) is 2.85. The van der Waals surface area contributed by atoms with Crippen LogP contribution in [0.5, 0.6) is 5.75 Å². The number of amides is 2. The minimum Gasteiger partial charge on any atom is -0.497 e. The Morgan fingerprint density at radius 2 is 1.68 bits per heavy atom. The predicted octanol–water partition coefficient (Wildman–Crippen LogP) is 2.33. The summed E-state index contributed by atoms with van der Waals surface area (Å²) in [6.45, 7) is 4.54. The van der Waals surface area contributed by atoms with Gasteiger partial charge in [-0.05, 0) is 45.0 Å². The van der Waals surface area contributed by atoms with Crippen LogP contribution in [0.15, 0.2) is 28.7 Å². The van der Waals surface area contributed by atoms with Crippen LogP contribution < -0.4 is 10.1 Å². The van der Waals surface area contributed by atoms with Crippen molar-refractivity contribution in [1.29, 1.82) is 0 Å². The Balaban J connectivity index is 1.91. The van der Waals surface area contributed by atoms with E-state index in [1.165, 1.54) is 19.2 Å². The Labute approximate surface area is 144 Å². The van der Waals surface area contributed by atoms with Crippen molar-refractivity contribution in [2.24, 2.45) is 0 Å². The van der Waals surface area contributed by atoms with Crippen LogP contribution >= 0.6 is 0 Å². The molecule has 0 aliphatic rings. The molecule has 0 bridgehead atoms. The van der Waals surface area contributed by atoms with Crippen LogP contribution in [0, 0.1) is 20.8 Å². The highest BCUT2D eigenvalue weighted by atomic mass is 16.5. The normalized spacial score (nSPS) is 10.2. The number of aryl methyl sites for hydroxylation is 2. The zero-order valence-corrected chi connectivity index (χ0v) is 14.5. The molecule has 1 N–H and O–H groups in total. The van der Waals surface area contributed by atoms with Gasteiger partial charge in [-0.1, -0.05) is 0 Å². The molecule has 0 aliphatic carbocycles. The van der Waals surface area contributed by atoms with Crippen LogP contribution in [-0.2, 0) is 9.53 Å². The Morgan fingerprint density at radius 3 is 2.20 bits per heavy atom. The number of ether oxygens (including phenoxy) is 2. The standard InChI is InChI=1S/C18H19NO6/c1-10-11(2)25-12(3)16(10)18(22)24-9-15(20)19-17(21)13-5-7-14(23-4)8-6-13/h5-8H,9H2,1-4H3,(H,19,20,21). The quantitative estimate of drug-likeness (QED) is 0.836. The Morgan fingerprint density at radius 1 is 1.04 bits per heavy atom. The molecule has 7 nitrogen and oxygen atoms in total. The number of furan rings is 1. The smallest absolute Gasteiger partial charge is 0.342 e. The topological polar surface area (TPSA) is 94.8 Å². The summed E-state index contributed by atoms with van der Waals surface area (Å²) in [5.74, 6) is -0.338. The Hall–Kier alpha value is -3.09. The van der Waals surface area contributed by atoms with Gasteiger partial charge in [0, 0.05) is 11.1 Å². The van der Waals surface area contributed by atoms with Crippen LogP contribution in [0.2, 0.25) is 0 Å². The maximum atomic E-state index is 12.1. The number of nitrogens with one attached hydrogen (secondary N) is 1. The minimum atomic E-state index is -0.718. The molecular weight excluding hydrogens is 326 g/mol. The third-order valence-corrected chi connectivity index (χ3v) is 3.70. The molecule has 2 rings (SSSR count). The van der Waals surface area contributed by atoms with Gasteiger partial charge >= 0.3 is 5.97 Å². The van der Waals surface area contributed by atoms with Crippen molar-refractivity contribution in [3.05, 3.63) is 52.5 Å². The second kappa shape index (κ2) is 7.65. The highest BCUT2D eigenvalue weighted by Crippen LogP contribution is 2.21. The second-order valence-electron chi connectivity index (χ2n) is 5.40. The van der Waals surface area contributed by atoms with Gasteiger partial charge in [-0.25, -0.2) is 4.79 Å². The fraction of sp³-hybridized carbons (Fsp3) is 0.278. The SMILES string of the molecule is COc1ccc(C(=O)NC(=O)COC(=O)c2c(C)oc(C)c2C)cc1. The number of hydrogen-bond acceptors (Lipinski definition) is 6. The largest absolute Gasteiger partial charge is 0.497 e. The maximum absolute atomic E-state index is 12.1. The molecule has 0 aliphatic heterocycles.